The van der Waals surface area contributed by atoms with Crippen LogP contribution in [0.25, 0.3) is 0 Å². The number of aryl methyl sites for hydroxylation is 3. The predicted octanol–water partition coefficient (Wildman–Crippen LogP) is 4.34. The molecule has 1 aromatic heterocycles. The summed E-state index contributed by atoms with van der Waals surface area (Å²) in [5.41, 5.74) is 5.85. The van der Waals surface area contributed by atoms with Gasteiger partial charge in [0.15, 0.2) is 0 Å². The fraction of sp³-hybridized carbons (Fsp3) is 0.261. The second kappa shape index (κ2) is 7.15. The Kier molecular flexibility index (Phi) is 4.81. The highest BCUT2D eigenvalue weighted by atomic mass is 32.2. The molecule has 1 atom stereocenters. The van der Waals surface area contributed by atoms with Gasteiger partial charge in [-0.1, -0.05) is 42.0 Å². The molecule has 0 spiro atoms. The van der Waals surface area contributed by atoms with Gasteiger partial charge in [-0.05, 0) is 67.1 Å². The summed E-state index contributed by atoms with van der Waals surface area (Å²) in [5, 5.41) is 0. The summed E-state index contributed by atoms with van der Waals surface area (Å²) in [6.45, 7) is 6.21. The molecular weight excluding hydrogens is 368 g/mol. The van der Waals surface area contributed by atoms with Crippen LogP contribution in [0.2, 0.25) is 0 Å². The standard InChI is InChI=1S/C23H24N2O2S/c1-16-14-17(2)23(18(3)15-16)28(26,27)25-13-10-19-6-4-5-7-21(19)22(25)20-8-11-24-12-9-20/h4-9,11-12,14-15,22H,10,13H2,1-3H3. The van der Waals surface area contributed by atoms with Crippen molar-refractivity contribution < 1.29 is 8.42 Å². The Bertz CT molecular complexity index is 1100. The lowest BCUT2D eigenvalue weighted by atomic mass is 9.90. The molecule has 4 nitrogen and oxygen atoms in total. The molecule has 0 aliphatic carbocycles. The average molecular weight is 393 g/mol. The van der Waals surface area contributed by atoms with Crippen molar-refractivity contribution in [3.8, 4) is 0 Å². The Balaban J connectivity index is 1.91. The molecule has 2 heterocycles. The number of hydrogen-bond acceptors (Lipinski definition) is 3. The molecule has 0 amide bonds. The largest absolute Gasteiger partial charge is 0.265 e. The lowest BCUT2D eigenvalue weighted by Gasteiger charge is -2.37. The highest BCUT2D eigenvalue weighted by molar-refractivity contribution is 7.89. The predicted molar refractivity (Wildman–Crippen MR) is 111 cm³/mol. The van der Waals surface area contributed by atoms with Gasteiger partial charge in [0.05, 0.1) is 10.9 Å². The maximum atomic E-state index is 13.8. The topological polar surface area (TPSA) is 50.3 Å². The maximum Gasteiger partial charge on any atom is 0.244 e. The summed E-state index contributed by atoms with van der Waals surface area (Å²) in [7, 11) is -3.67. The number of benzene rings is 2. The van der Waals surface area contributed by atoms with Crippen LogP contribution >= 0.6 is 0 Å². The minimum absolute atomic E-state index is 0.349. The highest BCUT2D eigenvalue weighted by Crippen LogP contribution is 2.39. The first kappa shape index (κ1) is 18.8. The van der Waals surface area contributed by atoms with E-state index in [0.717, 1.165) is 27.8 Å². The van der Waals surface area contributed by atoms with E-state index in [1.807, 2.05) is 63.2 Å². The zero-order valence-corrected chi connectivity index (χ0v) is 17.2. The van der Waals surface area contributed by atoms with Crippen LogP contribution in [0.15, 0.2) is 65.8 Å². The van der Waals surface area contributed by atoms with E-state index in [4.69, 9.17) is 0 Å². The Hall–Kier alpha value is -2.50. The molecule has 0 bridgehead atoms. The minimum Gasteiger partial charge on any atom is -0.265 e. The second-order valence-corrected chi connectivity index (χ2v) is 9.30. The van der Waals surface area contributed by atoms with Crippen molar-refractivity contribution in [3.05, 3.63) is 94.3 Å². The van der Waals surface area contributed by atoms with Crippen LogP contribution in [0.4, 0.5) is 0 Å². The Morgan fingerprint density at radius 1 is 0.964 bits per heavy atom. The van der Waals surface area contributed by atoms with E-state index in [-0.39, 0.29) is 6.04 Å². The molecule has 1 unspecified atom stereocenters. The average Bonchev–Trinajstić information content (AvgIpc) is 2.66. The molecule has 28 heavy (non-hydrogen) atoms. The van der Waals surface area contributed by atoms with Crippen molar-refractivity contribution in [2.24, 2.45) is 0 Å². The van der Waals surface area contributed by atoms with E-state index in [9.17, 15) is 8.42 Å². The summed E-state index contributed by atoms with van der Waals surface area (Å²) in [4.78, 5) is 4.54. The molecule has 1 aliphatic rings. The first-order chi connectivity index (χ1) is 13.4. The van der Waals surface area contributed by atoms with Gasteiger partial charge in [-0.15, -0.1) is 0 Å². The zero-order chi connectivity index (χ0) is 19.9. The molecule has 4 rings (SSSR count). The van der Waals surface area contributed by atoms with Crippen LogP contribution in [0.5, 0.6) is 0 Å². The summed E-state index contributed by atoms with van der Waals surface area (Å²) < 4.78 is 29.4. The molecule has 0 saturated heterocycles. The van der Waals surface area contributed by atoms with E-state index < -0.39 is 10.0 Å². The Labute approximate surface area is 166 Å². The lowest BCUT2D eigenvalue weighted by molar-refractivity contribution is 0.343. The van der Waals surface area contributed by atoms with Gasteiger partial charge in [-0.3, -0.25) is 4.98 Å². The zero-order valence-electron chi connectivity index (χ0n) is 16.4. The van der Waals surface area contributed by atoms with Crippen molar-refractivity contribution in [1.29, 1.82) is 0 Å². The molecular formula is C23H24N2O2S. The van der Waals surface area contributed by atoms with E-state index >= 15 is 0 Å². The molecule has 2 aromatic carbocycles. The van der Waals surface area contributed by atoms with Crippen molar-refractivity contribution in [2.45, 2.75) is 38.1 Å². The highest BCUT2D eigenvalue weighted by Gasteiger charge is 2.38. The van der Waals surface area contributed by atoms with Crippen LogP contribution in [0.1, 0.15) is 39.4 Å². The molecule has 3 aromatic rings. The van der Waals surface area contributed by atoms with Gasteiger partial charge in [0, 0.05) is 18.9 Å². The SMILES string of the molecule is Cc1cc(C)c(S(=O)(=O)N2CCc3ccccc3C2c2ccncc2)c(C)c1. The van der Waals surface area contributed by atoms with E-state index in [2.05, 4.69) is 11.1 Å². The fourth-order valence-electron chi connectivity index (χ4n) is 4.38. The number of pyridine rings is 1. The molecule has 0 saturated carbocycles. The quantitative estimate of drug-likeness (QED) is 0.666. The van der Waals surface area contributed by atoms with Crippen LogP contribution in [0, 0.1) is 20.8 Å². The molecule has 5 heteroatoms. The number of fused-ring (bicyclic) bond motifs is 1. The number of rotatable bonds is 3. The van der Waals surface area contributed by atoms with Gasteiger partial charge < -0.3 is 0 Å². The van der Waals surface area contributed by atoms with Crippen molar-refractivity contribution in [1.82, 2.24) is 9.29 Å². The summed E-state index contributed by atoms with van der Waals surface area (Å²) in [5.74, 6) is 0. The van der Waals surface area contributed by atoms with E-state index in [1.165, 1.54) is 5.56 Å². The smallest absolute Gasteiger partial charge is 0.244 e. The lowest BCUT2D eigenvalue weighted by Crippen LogP contribution is -2.41. The van der Waals surface area contributed by atoms with Crippen molar-refractivity contribution in [2.75, 3.05) is 6.54 Å². The van der Waals surface area contributed by atoms with Crippen LogP contribution < -0.4 is 0 Å². The molecule has 0 fully saturated rings. The molecule has 0 N–H and O–H groups in total. The fourth-order valence-corrected chi connectivity index (χ4v) is 6.40. The van der Waals surface area contributed by atoms with E-state index in [1.54, 1.807) is 16.7 Å². The summed E-state index contributed by atoms with van der Waals surface area (Å²) in [6, 6.07) is 15.5. The molecule has 0 radical (unpaired) electrons. The third-order valence-electron chi connectivity index (χ3n) is 5.43. The van der Waals surface area contributed by atoms with Gasteiger partial charge in [0.1, 0.15) is 0 Å². The number of nitrogens with zero attached hydrogens (tertiary/aromatic N) is 2. The first-order valence-corrected chi connectivity index (χ1v) is 10.9. The number of sulfonamides is 1. The van der Waals surface area contributed by atoms with E-state index in [0.29, 0.717) is 17.9 Å². The third-order valence-corrected chi connectivity index (χ3v) is 7.60. The van der Waals surface area contributed by atoms with Gasteiger partial charge >= 0.3 is 0 Å². The third kappa shape index (κ3) is 3.15. The summed E-state index contributed by atoms with van der Waals surface area (Å²) >= 11 is 0. The maximum absolute atomic E-state index is 13.8. The first-order valence-electron chi connectivity index (χ1n) is 9.47. The molecule has 1 aliphatic heterocycles. The van der Waals surface area contributed by atoms with Crippen LogP contribution in [-0.4, -0.2) is 24.3 Å². The van der Waals surface area contributed by atoms with Crippen molar-refractivity contribution in [3.63, 3.8) is 0 Å². The van der Waals surface area contributed by atoms with Crippen LogP contribution in [0.3, 0.4) is 0 Å². The van der Waals surface area contributed by atoms with Crippen LogP contribution in [-0.2, 0) is 16.4 Å². The normalized spacial score (nSPS) is 17.3. The number of hydrogen-bond donors (Lipinski definition) is 0. The van der Waals surface area contributed by atoms with Gasteiger partial charge in [-0.2, -0.15) is 4.31 Å². The van der Waals surface area contributed by atoms with Gasteiger partial charge in [0.25, 0.3) is 0 Å². The summed E-state index contributed by atoms with van der Waals surface area (Å²) in [6.07, 6.45) is 4.15. The monoisotopic (exact) mass is 392 g/mol. The second-order valence-electron chi connectivity index (χ2n) is 7.48. The minimum atomic E-state index is -3.67. The Morgan fingerprint density at radius 3 is 2.29 bits per heavy atom. The van der Waals surface area contributed by atoms with Gasteiger partial charge in [0.2, 0.25) is 10.0 Å². The van der Waals surface area contributed by atoms with Gasteiger partial charge in [-0.25, -0.2) is 8.42 Å². The number of aromatic nitrogens is 1. The van der Waals surface area contributed by atoms with Crippen molar-refractivity contribution >= 4 is 10.0 Å². The molecule has 144 valence electrons. The Morgan fingerprint density at radius 2 is 1.61 bits per heavy atom.